The first kappa shape index (κ1) is 13.4. The van der Waals surface area contributed by atoms with E-state index in [0.717, 1.165) is 5.56 Å². The molecule has 0 spiro atoms. The van der Waals surface area contributed by atoms with Crippen molar-refractivity contribution >= 4 is 46.1 Å². The molecule has 3 nitrogen and oxygen atoms in total. The van der Waals surface area contributed by atoms with Crippen molar-refractivity contribution in [3.8, 4) is 0 Å². The fourth-order valence-corrected chi connectivity index (χ4v) is 2.51. The minimum absolute atomic E-state index is 0.150. The van der Waals surface area contributed by atoms with Gasteiger partial charge < -0.3 is 10.6 Å². The third kappa shape index (κ3) is 2.53. The molecule has 1 aromatic rings. The van der Waals surface area contributed by atoms with Gasteiger partial charge in [-0.2, -0.15) is 0 Å². The van der Waals surface area contributed by atoms with Gasteiger partial charge in [0.2, 0.25) is 0 Å². The molecule has 0 aliphatic rings. The van der Waals surface area contributed by atoms with Crippen molar-refractivity contribution < 1.29 is 4.79 Å². The highest BCUT2D eigenvalue weighted by molar-refractivity contribution is 7.80. The molecular weight excluding hydrogens is 264 g/mol. The van der Waals surface area contributed by atoms with E-state index in [-0.39, 0.29) is 11.9 Å². The zero-order chi connectivity index (χ0) is 12.5. The van der Waals surface area contributed by atoms with E-state index in [2.05, 4.69) is 0 Å². The van der Waals surface area contributed by atoms with Gasteiger partial charge in [0.15, 0.2) is 0 Å². The van der Waals surface area contributed by atoms with Crippen LogP contribution in [-0.2, 0) is 0 Å². The molecule has 0 aromatic carbocycles. The first-order valence-corrected chi connectivity index (χ1v) is 6.33. The first-order chi connectivity index (χ1) is 7.36. The van der Waals surface area contributed by atoms with Gasteiger partial charge in [-0.25, -0.2) is 0 Å². The summed E-state index contributed by atoms with van der Waals surface area (Å²) in [6, 6.07) is -0.277. The molecule has 0 bridgehead atoms. The van der Waals surface area contributed by atoms with Crippen LogP contribution in [0.25, 0.3) is 0 Å². The van der Waals surface area contributed by atoms with Crippen LogP contribution in [0, 0.1) is 6.92 Å². The summed E-state index contributed by atoms with van der Waals surface area (Å²) in [5.41, 5.74) is 6.41. The van der Waals surface area contributed by atoms with Gasteiger partial charge in [-0.3, -0.25) is 4.79 Å². The number of thiocarbonyl (C=S) groups is 1. The summed E-state index contributed by atoms with van der Waals surface area (Å²) < 4.78 is 0. The molecule has 0 fully saturated rings. The number of carbonyl (C=O) groups excluding carboxylic acids is 1. The molecule has 1 amide bonds. The molecule has 1 aromatic heterocycles. The van der Waals surface area contributed by atoms with Crippen LogP contribution in [0.5, 0.6) is 0 Å². The SMILES string of the molecule is Cc1csc(C(=O)N(C)C(C)C(N)=S)c1Cl. The fraction of sp³-hybridized carbons (Fsp3) is 0.400. The largest absolute Gasteiger partial charge is 0.392 e. The Kier molecular flexibility index (Phi) is 4.29. The van der Waals surface area contributed by atoms with Crippen molar-refractivity contribution in [2.24, 2.45) is 5.73 Å². The van der Waals surface area contributed by atoms with Gasteiger partial charge in [0.25, 0.3) is 5.91 Å². The highest BCUT2D eigenvalue weighted by Gasteiger charge is 2.23. The number of thiophene rings is 1. The van der Waals surface area contributed by atoms with Crippen LogP contribution >= 0.6 is 35.2 Å². The molecular formula is C10H13ClN2OS2. The van der Waals surface area contributed by atoms with Gasteiger partial charge >= 0.3 is 0 Å². The summed E-state index contributed by atoms with van der Waals surface area (Å²) >= 11 is 12.2. The zero-order valence-corrected chi connectivity index (χ0v) is 11.7. The topological polar surface area (TPSA) is 46.3 Å². The van der Waals surface area contributed by atoms with Crippen LogP contribution in [0.15, 0.2) is 5.38 Å². The van der Waals surface area contributed by atoms with Crippen LogP contribution in [0.4, 0.5) is 0 Å². The van der Waals surface area contributed by atoms with E-state index >= 15 is 0 Å². The lowest BCUT2D eigenvalue weighted by Crippen LogP contribution is -2.42. The number of aryl methyl sites for hydroxylation is 1. The predicted octanol–water partition coefficient (Wildman–Crippen LogP) is 2.46. The second-order valence-corrected chi connectivity index (χ2v) is 5.29. The van der Waals surface area contributed by atoms with Crippen molar-refractivity contribution in [2.45, 2.75) is 19.9 Å². The Bertz CT molecular complexity index is 430. The second kappa shape index (κ2) is 5.12. The van der Waals surface area contributed by atoms with Crippen molar-refractivity contribution in [1.29, 1.82) is 0 Å². The van der Waals surface area contributed by atoms with Crippen molar-refractivity contribution in [1.82, 2.24) is 4.90 Å². The van der Waals surface area contributed by atoms with Gasteiger partial charge in [-0.05, 0) is 24.8 Å². The number of nitrogens with zero attached hydrogens (tertiary/aromatic N) is 1. The summed E-state index contributed by atoms with van der Waals surface area (Å²) in [7, 11) is 1.66. The van der Waals surface area contributed by atoms with Crippen molar-refractivity contribution in [3.63, 3.8) is 0 Å². The van der Waals surface area contributed by atoms with E-state index in [0.29, 0.717) is 14.9 Å². The Morgan fingerprint density at radius 3 is 2.62 bits per heavy atom. The Hall–Kier alpha value is -0.650. The molecule has 0 saturated carbocycles. The van der Waals surface area contributed by atoms with Crippen LogP contribution in [0.1, 0.15) is 22.2 Å². The highest BCUT2D eigenvalue weighted by Crippen LogP contribution is 2.28. The number of hydrogen-bond acceptors (Lipinski definition) is 3. The number of carbonyl (C=O) groups is 1. The second-order valence-electron chi connectivity index (χ2n) is 3.56. The molecule has 1 heterocycles. The highest BCUT2D eigenvalue weighted by atomic mass is 35.5. The van der Waals surface area contributed by atoms with Gasteiger partial charge in [-0.15, -0.1) is 11.3 Å². The summed E-state index contributed by atoms with van der Waals surface area (Å²) in [5.74, 6) is -0.150. The average molecular weight is 277 g/mol. The number of likely N-dealkylation sites (N-methyl/N-ethyl adjacent to an activating group) is 1. The summed E-state index contributed by atoms with van der Waals surface area (Å²) in [6.07, 6.45) is 0. The van der Waals surface area contributed by atoms with Crippen LogP contribution in [0.2, 0.25) is 5.02 Å². The Morgan fingerprint density at radius 2 is 2.25 bits per heavy atom. The van der Waals surface area contributed by atoms with Gasteiger partial charge in [0, 0.05) is 7.05 Å². The summed E-state index contributed by atoms with van der Waals surface area (Å²) in [4.78, 5) is 14.4. The van der Waals surface area contributed by atoms with E-state index < -0.39 is 0 Å². The summed E-state index contributed by atoms with van der Waals surface area (Å²) in [5, 5.41) is 2.37. The quantitative estimate of drug-likeness (QED) is 0.863. The van der Waals surface area contributed by atoms with Gasteiger partial charge in [0.1, 0.15) is 4.88 Å². The first-order valence-electron chi connectivity index (χ1n) is 4.66. The molecule has 0 saturated heterocycles. The lowest BCUT2D eigenvalue weighted by Gasteiger charge is -2.23. The lowest BCUT2D eigenvalue weighted by atomic mass is 10.2. The fourth-order valence-electron chi connectivity index (χ4n) is 1.10. The summed E-state index contributed by atoms with van der Waals surface area (Å²) in [6.45, 7) is 3.65. The molecule has 2 N–H and O–H groups in total. The maximum absolute atomic E-state index is 12.1. The van der Waals surface area contributed by atoms with Gasteiger partial charge in [-0.1, -0.05) is 23.8 Å². The molecule has 1 unspecified atom stereocenters. The Balaban J connectivity index is 2.95. The monoisotopic (exact) mass is 276 g/mol. The number of rotatable bonds is 3. The standard InChI is InChI=1S/C10H13ClN2OS2/c1-5-4-16-8(7(5)11)10(14)13(3)6(2)9(12)15/h4,6H,1-3H3,(H2,12,15). The molecule has 0 radical (unpaired) electrons. The maximum Gasteiger partial charge on any atom is 0.265 e. The minimum Gasteiger partial charge on any atom is -0.392 e. The molecule has 0 aliphatic heterocycles. The minimum atomic E-state index is -0.277. The third-order valence-corrected chi connectivity index (χ3v) is 4.43. The Labute approximate surface area is 109 Å². The van der Waals surface area contributed by atoms with E-state index in [4.69, 9.17) is 29.6 Å². The van der Waals surface area contributed by atoms with E-state index in [1.54, 1.807) is 14.0 Å². The van der Waals surface area contributed by atoms with Crippen LogP contribution in [0.3, 0.4) is 0 Å². The number of halogens is 1. The maximum atomic E-state index is 12.1. The average Bonchev–Trinajstić information content (AvgIpc) is 2.56. The normalized spacial score (nSPS) is 12.2. The molecule has 1 atom stereocenters. The Morgan fingerprint density at radius 1 is 1.69 bits per heavy atom. The number of nitrogens with two attached hydrogens (primary N) is 1. The van der Waals surface area contributed by atoms with Gasteiger partial charge in [0.05, 0.1) is 16.1 Å². The lowest BCUT2D eigenvalue weighted by molar-refractivity contribution is 0.0784. The molecule has 0 aliphatic carbocycles. The molecule has 6 heteroatoms. The van der Waals surface area contributed by atoms with E-state index in [1.165, 1.54) is 16.2 Å². The van der Waals surface area contributed by atoms with E-state index in [1.807, 2.05) is 12.3 Å². The number of amides is 1. The smallest absolute Gasteiger partial charge is 0.265 e. The predicted molar refractivity (Wildman–Crippen MR) is 72.4 cm³/mol. The van der Waals surface area contributed by atoms with Crippen molar-refractivity contribution in [3.05, 3.63) is 20.8 Å². The number of hydrogen-bond donors (Lipinski definition) is 1. The molecule has 16 heavy (non-hydrogen) atoms. The molecule has 1 rings (SSSR count). The molecule has 88 valence electrons. The van der Waals surface area contributed by atoms with E-state index in [9.17, 15) is 4.79 Å². The van der Waals surface area contributed by atoms with Crippen LogP contribution < -0.4 is 5.73 Å². The third-order valence-electron chi connectivity index (χ3n) is 2.41. The zero-order valence-electron chi connectivity index (χ0n) is 9.28. The van der Waals surface area contributed by atoms with Crippen LogP contribution in [-0.4, -0.2) is 28.9 Å². The van der Waals surface area contributed by atoms with Crippen molar-refractivity contribution in [2.75, 3.05) is 7.05 Å².